The topological polar surface area (TPSA) is 70.0 Å². The second-order valence-corrected chi connectivity index (χ2v) is 5.57. The summed E-state index contributed by atoms with van der Waals surface area (Å²) in [5.74, 6) is 0.323. The molecule has 1 aromatic carbocycles. The van der Waals surface area contributed by atoms with Crippen LogP contribution in [0.3, 0.4) is 0 Å². The van der Waals surface area contributed by atoms with Crippen molar-refractivity contribution in [3.63, 3.8) is 0 Å². The number of carboxylic acids is 1. The molecule has 0 radical (unpaired) electrons. The fourth-order valence-corrected chi connectivity index (χ4v) is 3.23. The predicted molar refractivity (Wildman–Crippen MR) is 72.9 cm³/mol. The number of aliphatic hydroxyl groups is 1. The minimum atomic E-state index is -0.845. The van der Waals surface area contributed by atoms with Crippen LogP contribution in [-0.2, 0) is 4.79 Å². The smallest absolute Gasteiger partial charge is 0.321 e. The number of para-hydroxylation sites is 1. The summed E-state index contributed by atoms with van der Waals surface area (Å²) in [5, 5.41) is 19.0. The van der Waals surface area contributed by atoms with Crippen molar-refractivity contribution in [1.82, 2.24) is 4.90 Å². The van der Waals surface area contributed by atoms with Crippen LogP contribution in [0.25, 0.3) is 0 Å². The highest BCUT2D eigenvalue weighted by molar-refractivity contribution is 5.74. The molecule has 3 unspecified atom stereocenters. The summed E-state index contributed by atoms with van der Waals surface area (Å²) in [6.45, 7) is 1.76. The van der Waals surface area contributed by atoms with Gasteiger partial charge in [0.15, 0.2) is 0 Å². The molecule has 2 aliphatic rings. The zero-order valence-corrected chi connectivity index (χ0v) is 11.2. The monoisotopic (exact) mass is 277 g/mol. The molecule has 1 aromatic rings. The lowest BCUT2D eigenvalue weighted by molar-refractivity contribution is -0.142. The average Bonchev–Trinajstić information content (AvgIpc) is 2.80. The van der Waals surface area contributed by atoms with Crippen LogP contribution in [0.4, 0.5) is 0 Å². The summed E-state index contributed by atoms with van der Waals surface area (Å²) in [6.07, 6.45) is 0.669. The first-order valence-electron chi connectivity index (χ1n) is 7.02. The summed E-state index contributed by atoms with van der Waals surface area (Å²) in [5.41, 5.74) is 1.14. The van der Waals surface area contributed by atoms with Crippen molar-refractivity contribution in [3.8, 4) is 5.75 Å². The molecular weight excluding hydrogens is 258 g/mol. The molecule has 3 rings (SSSR count). The van der Waals surface area contributed by atoms with E-state index in [1.165, 1.54) is 0 Å². The standard InChI is InChI=1S/C15H19NO4/c17-11-7-13(15(18)19)16(9-11)8-10-5-6-20-14-4-2-1-3-12(10)14/h1-4,10-11,13,17H,5-9H2,(H,18,19). The van der Waals surface area contributed by atoms with Crippen LogP contribution in [-0.4, -0.2) is 52.9 Å². The average molecular weight is 277 g/mol. The van der Waals surface area contributed by atoms with E-state index in [-0.39, 0.29) is 5.92 Å². The van der Waals surface area contributed by atoms with E-state index in [0.29, 0.717) is 26.1 Å². The number of benzene rings is 1. The molecule has 5 nitrogen and oxygen atoms in total. The third-order valence-corrected chi connectivity index (χ3v) is 4.20. The van der Waals surface area contributed by atoms with Crippen molar-refractivity contribution >= 4 is 5.97 Å². The van der Waals surface area contributed by atoms with E-state index >= 15 is 0 Å². The number of aliphatic carboxylic acids is 1. The van der Waals surface area contributed by atoms with Crippen molar-refractivity contribution in [2.45, 2.75) is 30.9 Å². The first-order chi connectivity index (χ1) is 9.65. The Balaban J connectivity index is 1.77. The number of rotatable bonds is 3. The number of carbonyl (C=O) groups is 1. The van der Waals surface area contributed by atoms with E-state index in [4.69, 9.17) is 4.74 Å². The van der Waals surface area contributed by atoms with Gasteiger partial charge in [0.2, 0.25) is 0 Å². The molecule has 0 aliphatic carbocycles. The van der Waals surface area contributed by atoms with Gasteiger partial charge in [0.1, 0.15) is 11.8 Å². The number of ether oxygens (including phenoxy) is 1. The minimum Gasteiger partial charge on any atom is -0.493 e. The SMILES string of the molecule is O=C(O)C1CC(O)CN1CC1CCOc2ccccc21. The van der Waals surface area contributed by atoms with Gasteiger partial charge in [-0.2, -0.15) is 0 Å². The Hall–Kier alpha value is -1.59. The van der Waals surface area contributed by atoms with Crippen LogP contribution in [0.2, 0.25) is 0 Å². The van der Waals surface area contributed by atoms with Crippen LogP contribution in [0.1, 0.15) is 24.3 Å². The van der Waals surface area contributed by atoms with Gasteiger partial charge < -0.3 is 14.9 Å². The number of nitrogens with zero attached hydrogens (tertiary/aromatic N) is 1. The van der Waals surface area contributed by atoms with E-state index in [0.717, 1.165) is 17.7 Å². The maximum Gasteiger partial charge on any atom is 0.321 e. The quantitative estimate of drug-likeness (QED) is 0.865. The number of β-amino-alcohol motifs (C(OH)–C–C–N with tert-alkyl or cyclic N) is 1. The van der Waals surface area contributed by atoms with Gasteiger partial charge in [-0.25, -0.2) is 0 Å². The largest absolute Gasteiger partial charge is 0.493 e. The minimum absolute atomic E-state index is 0.270. The van der Waals surface area contributed by atoms with E-state index in [2.05, 4.69) is 0 Å². The van der Waals surface area contributed by atoms with Gasteiger partial charge in [-0.05, 0) is 18.1 Å². The predicted octanol–water partition coefficient (Wildman–Crippen LogP) is 1.07. The Morgan fingerprint density at radius 2 is 2.20 bits per heavy atom. The van der Waals surface area contributed by atoms with E-state index in [9.17, 15) is 15.0 Å². The van der Waals surface area contributed by atoms with Crippen LogP contribution in [0.15, 0.2) is 24.3 Å². The number of carboxylic acid groups (broad SMARTS) is 1. The van der Waals surface area contributed by atoms with Gasteiger partial charge in [0.05, 0.1) is 12.7 Å². The van der Waals surface area contributed by atoms with Crippen LogP contribution in [0, 0.1) is 0 Å². The van der Waals surface area contributed by atoms with Crippen molar-refractivity contribution in [1.29, 1.82) is 0 Å². The number of hydrogen-bond acceptors (Lipinski definition) is 4. The molecule has 5 heteroatoms. The molecule has 1 fully saturated rings. The molecule has 2 heterocycles. The lowest BCUT2D eigenvalue weighted by atomic mass is 9.92. The summed E-state index contributed by atoms with van der Waals surface area (Å²) >= 11 is 0. The zero-order chi connectivity index (χ0) is 14.1. The summed E-state index contributed by atoms with van der Waals surface area (Å²) in [6, 6.07) is 7.35. The Morgan fingerprint density at radius 3 is 3.00 bits per heavy atom. The third-order valence-electron chi connectivity index (χ3n) is 4.20. The molecule has 2 N–H and O–H groups in total. The fraction of sp³-hybridized carbons (Fsp3) is 0.533. The van der Waals surface area contributed by atoms with Crippen LogP contribution in [0.5, 0.6) is 5.75 Å². The maximum absolute atomic E-state index is 11.3. The lowest BCUT2D eigenvalue weighted by Gasteiger charge is -2.31. The molecule has 0 saturated carbocycles. The highest BCUT2D eigenvalue weighted by Crippen LogP contribution is 2.35. The Bertz CT molecular complexity index is 504. The summed E-state index contributed by atoms with van der Waals surface area (Å²) in [4.78, 5) is 13.2. The molecule has 20 heavy (non-hydrogen) atoms. The lowest BCUT2D eigenvalue weighted by Crippen LogP contribution is -2.39. The first kappa shape index (κ1) is 13.4. The van der Waals surface area contributed by atoms with Gasteiger partial charge in [0.25, 0.3) is 0 Å². The van der Waals surface area contributed by atoms with E-state index in [1.54, 1.807) is 0 Å². The normalized spacial score (nSPS) is 29.8. The molecule has 0 amide bonds. The number of aliphatic hydroxyl groups excluding tert-OH is 1. The molecule has 0 bridgehead atoms. The third kappa shape index (κ3) is 2.51. The van der Waals surface area contributed by atoms with E-state index in [1.807, 2.05) is 29.2 Å². The second-order valence-electron chi connectivity index (χ2n) is 5.57. The van der Waals surface area contributed by atoms with Gasteiger partial charge in [-0.15, -0.1) is 0 Å². The molecule has 108 valence electrons. The van der Waals surface area contributed by atoms with Crippen molar-refractivity contribution < 1.29 is 19.7 Å². The number of fused-ring (bicyclic) bond motifs is 1. The summed E-state index contributed by atoms with van der Waals surface area (Å²) in [7, 11) is 0. The number of likely N-dealkylation sites (tertiary alicyclic amines) is 1. The molecular formula is C15H19NO4. The van der Waals surface area contributed by atoms with Crippen molar-refractivity contribution in [2.75, 3.05) is 19.7 Å². The molecule has 0 spiro atoms. The Kier molecular flexibility index (Phi) is 3.63. The highest BCUT2D eigenvalue weighted by atomic mass is 16.5. The highest BCUT2D eigenvalue weighted by Gasteiger charge is 2.37. The van der Waals surface area contributed by atoms with Gasteiger partial charge in [0, 0.05) is 25.4 Å². The summed E-state index contributed by atoms with van der Waals surface area (Å²) < 4.78 is 5.63. The van der Waals surface area contributed by atoms with Crippen LogP contribution >= 0.6 is 0 Å². The molecule has 1 saturated heterocycles. The Morgan fingerprint density at radius 1 is 1.40 bits per heavy atom. The second kappa shape index (κ2) is 5.42. The Labute approximate surface area is 117 Å². The fourth-order valence-electron chi connectivity index (χ4n) is 3.23. The molecule has 3 atom stereocenters. The van der Waals surface area contributed by atoms with E-state index < -0.39 is 18.1 Å². The molecule has 2 aliphatic heterocycles. The maximum atomic E-state index is 11.3. The van der Waals surface area contributed by atoms with Crippen LogP contribution < -0.4 is 4.74 Å². The zero-order valence-electron chi connectivity index (χ0n) is 11.2. The van der Waals surface area contributed by atoms with Crippen molar-refractivity contribution in [2.24, 2.45) is 0 Å². The van der Waals surface area contributed by atoms with Gasteiger partial charge >= 0.3 is 5.97 Å². The number of hydrogen-bond donors (Lipinski definition) is 2. The first-order valence-corrected chi connectivity index (χ1v) is 7.02. The van der Waals surface area contributed by atoms with Crippen molar-refractivity contribution in [3.05, 3.63) is 29.8 Å². The van der Waals surface area contributed by atoms with Gasteiger partial charge in [-0.3, -0.25) is 9.69 Å². The van der Waals surface area contributed by atoms with Gasteiger partial charge in [-0.1, -0.05) is 18.2 Å². The molecule has 0 aromatic heterocycles.